The molecule has 2 aromatic carbocycles. The number of H-pyrrole nitrogens is 1. The molecule has 8 heteroatoms. The van der Waals surface area contributed by atoms with Crippen LogP contribution in [-0.4, -0.2) is 38.7 Å². The largest absolute Gasteiger partial charge is 0.494 e. The van der Waals surface area contributed by atoms with Crippen molar-refractivity contribution in [3.63, 3.8) is 0 Å². The zero-order valence-corrected chi connectivity index (χ0v) is 18.2. The molecule has 0 saturated carbocycles. The lowest BCUT2D eigenvalue weighted by Gasteiger charge is -2.25. The molecule has 1 N–H and O–H groups in total. The number of carbonyl (C=O) groups is 1. The summed E-state index contributed by atoms with van der Waals surface area (Å²) in [4.78, 5) is 15.2. The number of hydrogen-bond acceptors (Lipinski definition) is 4. The van der Waals surface area contributed by atoms with Gasteiger partial charge >= 0.3 is 0 Å². The average Bonchev–Trinajstić information content (AvgIpc) is 3.37. The third kappa shape index (κ3) is 4.27. The molecule has 0 spiro atoms. The summed E-state index contributed by atoms with van der Waals surface area (Å²) in [5, 5.41) is 7.77. The van der Waals surface area contributed by atoms with E-state index < -0.39 is 0 Å². The van der Waals surface area contributed by atoms with Gasteiger partial charge in [0, 0.05) is 17.1 Å². The number of hydrogen-bond donors (Lipinski definition) is 1. The van der Waals surface area contributed by atoms with Crippen LogP contribution >= 0.6 is 23.8 Å². The Bertz CT molecular complexity index is 1080. The average molecular weight is 443 g/mol. The topological polar surface area (TPSA) is 63.1 Å². The number of aromatic nitrogens is 3. The summed E-state index contributed by atoms with van der Waals surface area (Å²) in [5.41, 5.74) is 1.97. The van der Waals surface area contributed by atoms with E-state index in [1.54, 1.807) is 16.7 Å². The minimum absolute atomic E-state index is 0.0269. The molecule has 0 bridgehead atoms. The van der Waals surface area contributed by atoms with Gasteiger partial charge in [0.25, 0.3) is 0 Å². The SMILES string of the molecule is CCOc1ccc([C@H]2CCCN2C(=O)Cn2c(-c3ccc(Cl)cc3)n[nH]c2=S)cc1. The monoisotopic (exact) mass is 442 g/mol. The summed E-state index contributed by atoms with van der Waals surface area (Å²) in [6, 6.07) is 15.4. The molecule has 2 heterocycles. The van der Waals surface area contributed by atoms with E-state index in [4.69, 9.17) is 28.6 Å². The van der Waals surface area contributed by atoms with E-state index in [0.29, 0.717) is 22.2 Å². The summed E-state index contributed by atoms with van der Waals surface area (Å²) in [5.74, 6) is 1.50. The highest BCUT2D eigenvalue weighted by Gasteiger charge is 2.30. The number of nitrogens with one attached hydrogen (secondary N) is 1. The van der Waals surface area contributed by atoms with E-state index in [-0.39, 0.29) is 18.5 Å². The predicted molar refractivity (Wildman–Crippen MR) is 119 cm³/mol. The Labute approximate surface area is 185 Å². The Morgan fingerprint density at radius 3 is 2.67 bits per heavy atom. The van der Waals surface area contributed by atoms with E-state index >= 15 is 0 Å². The minimum atomic E-state index is 0.0269. The highest BCUT2D eigenvalue weighted by atomic mass is 35.5. The molecule has 0 unspecified atom stereocenters. The first-order valence-electron chi connectivity index (χ1n) is 10.00. The number of likely N-dealkylation sites (tertiary alicyclic amines) is 1. The predicted octanol–water partition coefficient (Wildman–Crippen LogP) is 5.02. The van der Waals surface area contributed by atoms with E-state index in [2.05, 4.69) is 10.2 Å². The molecule has 1 atom stereocenters. The van der Waals surface area contributed by atoms with Crippen LogP contribution in [0, 0.1) is 4.77 Å². The molecule has 30 heavy (non-hydrogen) atoms. The Hall–Kier alpha value is -2.64. The summed E-state index contributed by atoms with van der Waals surface area (Å²) in [6.07, 6.45) is 1.92. The Morgan fingerprint density at radius 1 is 1.23 bits per heavy atom. The third-order valence-electron chi connectivity index (χ3n) is 5.30. The number of amides is 1. The first-order chi connectivity index (χ1) is 14.6. The molecule has 1 fully saturated rings. The van der Waals surface area contributed by atoms with Crippen molar-refractivity contribution in [1.29, 1.82) is 0 Å². The molecule has 6 nitrogen and oxygen atoms in total. The first-order valence-corrected chi connectivity index (χ1v) is 10.8. The molecule has 156 valence electrons. The van der Waals surface area contributed by atoms with Crippen LogP contribution in [0.1, 0.15) is 31.4 Å². The lowest BCUT2D eigenvalue weighted by molar-refractivity contribution is -0.132. The summed E-state index contributed by atoms with van der Waals surface area (Å²) in [6.45, 7) is 3.47. The highest BCUT2D eigenvalue weighted by molar-refractivity contribution is 7.71. The normalized spacial score (nSPS) is 16.1. The van der Waals surface area contributed by atoms with E-state index in [1.165, 1.54) is 0 Å². The number of aromatic amines is 1. The molecule has 0 aliphatic carbocycles. The number of carbonyl (C=O) groups excluding carboxylic acids is 1. The maximum atomic E-state index is 13.2. The fourth-order valence-electron chi connectivity index (χ4n) is 3.87. The molecular formula is C22H23ClN4O2S. The lowest BCUT2D eigenvalue weighted by atomic mass is 10.0. The van der Waals surface area contributed by atoms with Gasteiger partial charge in [0.15, 0.2) is 10.6 Å². The molecule has 1 amide bonds. The molecule has 1 saturated heterocycles. The van der Waals surface area contributed by atoms with Gasteiger partial charge in [0.2, 0.25) is 5.91 Å². The van der Waals surface area contributed by atoms with Gasteiger partial charge in [-0.1, -0.05) is 23.7 Å². The van der Waals surface area contributed by atoms with E-state index in [9.17, 15) is 4.79 Å². The van der Waals surface area contributed by atoms with Crippen molar-refractivity contribution in [2.75, 3.05) is 13.2 Å². The van der Waals surface area contributed by atoms with Gasteiger partial charge in [-0.25, -0.2) is 0 Å². The van der Waals surface area contributed by atoms with Gasteiger partial charge in [-0.3, -0.25) is 14.5 Å². The highest BCUT2D eigenvalue weighted by Crippen LogP contribution is 2.33. The standard InChI is InChI=1S/C22H23ClN4O2S/c1-2-29-18-11-7-15(8-12-18)19-4-3-13-26(19)20(28)14-27-21(24-25-22(27)30)16-5-9-17(23)10-6-16/h5-12,19H,2-4,13-14H2,1H3,(H,25,30)/t19-/m1/s1. The van der Waals surface area contributed by atoms with Gasteiger partial charge in [-0.2, -0.15) is 5.10 Å². The number of ether oxygens (including phenoxy) is 1. The second-order valence-corrected chi connectivity index (χ2v) is 8.02. The Balaban J connectivity index is 1.54. The molecule has 1 aromatic heterocycles. The van der Waals surface area contributed by atoms with Crippen LogP contribution < -0.4 is 4.74 Å². The molecule has 1 aliphatic rings. The number of halogens is 1. The third-order valence-corrected chi connectivity index (χ3v) is 5.87. The lowest BCUT2D eigenvalue weighted by Crippen LogP contribution is -2.33. The second kappa shape index (κ2) is 9.02. The zero-order valence-electron chi connectivity index (χ0n) is 16.7. The van der Waals surface area contributed by atoms with Crippen LogP contribution in [0.3, 0.4) is 0 Å². The van der Waals surface area contributed by atoms with Crippen LogP contribution in [0.2, 0.25) is 5.02 Å². The van der Waals surface area contributed by atoms with Crippen LogP contribution in [0.5, 0.6) is 5.75 Å². The smallest absolute Gasteiger partial charge is 0.243 e. The van der Waals surface area contributed by atoms with Crippen molar-refractivity contribution in [2.24, 2.45) is 0 Å². The molecular weight excluding hydrogens is 420 g/mol. The first kappa shape index (κ1) is 20.6. The summed E-state index contributed by atoms with van der Waals surface area (Å²) in [7, 11) is 0. The Kier molecular flexibility index (Phi) is 6.20. The number of nitrogens with zero attached hydrogens (tertiary/aromatic N) is 3. The maximum absolute atomic E-state index is 13.2. The van der Waals surface area contributed by atoms with Gasteiger partial charge in [-0.05, 0) is 73.9 Å². The molecule has 3 aromatic rings. The number of benzene rings is 2. The van der Waals surface area contributed by atoms with Gasteiger partial charge < -0.3 is 9.64 Å². The van der Waals surface area contributed by atoms with Gasteiger partial charge in [-0.15, -0.1) is 0 Å². The summed E-state index contributed by atoms with van der Waals surface area (Å²) >= 11 is 11.4. The van der Waals surface area contributed by atoms with Crippen LogP contribution in [0.15, 0.2) is 48.5 Å². The fraction of sp³-hybridized carbons (Fsp3) is 0.318. The minimum Gasteiger partial charge on any atom is -0.494 e. The second-order valence-electron chi connectivity index (χ2n) is 7.19. The van der Waals surface area contributed by atoms with Crippen molar-refractivity contribution in [2.45, 2.75) is 32.4 Å². The summed E-state index contributed by atoms with van der Waals surface area (Å²) < 4.78 is 7.70. The Morgan fingerprint density at radius 2 is 1.97 bits per heavy atom. The van der Waals surface area contributed by atoms with Gasteiger partial charge in [0.05, 0.1) is 12.6 Å². The van der Waals surface area contributed by atoms with Gasteiger partial charge in [0.1, 0.15) is 12.3 Å². The molecule has 1 aliphatic heterocycles. The number of rotatable bonds is 6. The van der Waals surface area contributed by atoms with Crippen LogP contribution in [0.4, 0.5) is 0 Å². The van der Waals surface area contributed by atoms with Crippen LogP contribution in [-0.2, 0) is 11.3 Å². The van der Waals surface area contributed by atoms with Crippen LogP contribution in [0.25, 0.3) is 11.4 Å². The molecule has 4 rings (SSSR count). The maximum Gasteiger partial charge on any atom is 0.243 e. The van der Waals surface area contributed by atoms with Crippen molar-refractivity contribution in [3.8, 4) is 17.1 Å². The quantitative estimate of drug-likeness (QED) is 0.544. The van der Waals surface area contributed by atoms with E-state index in [1.807, 2.05) is 48.2 Å². The van der Waals surface area contributed by atoms with Crippen molar-refractivity contribution < 1.29 is 9.53 Å². The molecule has 0 radical (unpaired) electrons. The van der Waals surface area contributed by atoms with Crippen molar-refractivity contribution in [1.82, 2.24) is 19.7 Å². The van der Waals surface area contributed by atoms with Crippen molar-refractivity contribution >= 4 is 29.7 Å². The fourth-order valence-corrected chi connectivity index (χ4v) is 4.20. The van der Waals surface area contributed by atoms with E-state index in [0.717, 1.165) is 36.3 Å². The van der Waals surface area contributed by atoms with Crippen molar-refractivity contribution in [3.05, 3.63) is 63.9 Å². The zero-order chi connectivity index (χ0) is 21.1.